The van der Waals surface area contributed by atoms with Gasteiger partial charge in [0.15, 0.2) is 17.3 Å². The maximum atomic E-state index is 4.63. The van der Waals surface area contributed by atoms with E-state index in [1.807, 2.05) is 30.3 Å². The Morgan fingerprint density at radius 3 is 2.65 bits per heavy atom. The molecule has 0 saturated heterocycles. The third kappa shape index (κ3) is 1.69. The summed E-state index contributed by atoms with van der Waals surface area (Å²) >= 11 is 0. The Hall–Kier alpha value is -2.50. The van der Waals surface area contributed by atoms with Crippen LogP contribution in [0, 0.1) is 6.92 Å². The van der Waals surface area contributed by atoms with Crippen molar-refractivity contribution in [2.45, 2.75) is 6.92 Å². The number of rotatable bonds is 2. The Labute approximate surface area is 96.7 Å². The van der Waals surface area contributed by atoms with Crippen LogP contribution in [0.5, 0.6) is 0 Å². The summed E-state index contributed by atoms with van der Waals surface area (Å²) in [7, 11) is 0. The van der Waals surface area contributed by atoms with Crippen LogP contribution in [0.4, 0.5) is 0 Å². The number of benzene rings is 1. The monoisotopic (exact) mass is 227 g/mol. The second kappa shape index (κ2) is 3.82. The molecule has 0 bridgehead atoms. The highest BCUT2D eigenvalue weighted by Gasteiger charge is 2.13. The number of hydrogen-bond donors (Lipinski definition) is 1. The van der Waals surface area contributed by atoms with Gasteiger partial charge in [-0.15, -0.1) is 0 Å². The molecule has 0 aliphatic carbocycles. The zero-order valence-electron chi connectivity index (χ0n) is 9.08. The molecule has 84 valence electrons. The molecule has 0 aliphatic heterocycles. The number of nitrogens with zero attached hydrogens (tertiary/aromatic N) is 4. The smallest absolute Gasteiger partial charge is 0.181 e. The summed E-state index contributed by atoms with van der Waals surface area (Å²) in [5.74, 6) is 1.19. The Kier molecular flexibility index (Phi) is 2.18. The minimum absolute atomic E-state index is 0.558. The maximum absolute atomic E-state index is 4.63. The predicted molar refractivity (Wildman–Crippen MR) is 59.8 cm³/mol. The van der Waals surface area contributed by atoms with Crippen molar-refractivity contribution in [3.63, 3.8) is 0 Å². The first-order valence-electron chi connectivity index (χ1n) is 5.12. The van der Waals surface area contributed by atoms with Gasteiger partial charge in [-0.3, -0.25) is 5.10 Å². The molecule has 0 saturated carbocycles. The van der Waals surface area contributed by atoms with E-state index in [-0.39, 0.29) is 0 Å². The Morgan fingerprint density at radius 2 is 1.94 bits per heavy atom. The molecule has 3 aromatic rings. The molecule has 0 radical (unpaired) electrons. The van der Waals surface area contributed by atoms with E-state index in [9.17, 15) is 0 Å². The SMILES string of the molecule is Cc1nonc1-c1nc(-c2ccccc2)n[nH]1. The Balaban J connectivity index is 2.02. The summed E-state index contributed by atoms with van der Waals surface area (Å²) in [5, 5.41) is 14.4. The van der Waals surface area contributed by atoms with E-state index >= 15 is 0 Å². The molecule has 2 heterocycles. The van der Waals surface area contributed by atoms with Crippen LogP contribution in [0.25, 0.3) is 22.9 Å². The van der Waals surface area contributed by atoms with Gasteiger partial charge >= 0.3 is 0 Å². The number of H-pyrrole nitrogens is 1. The summed E-state index contributed by atoms with van der Waals surface area (Å²) in [4.78, 5) is 4.35. The predicted octanol–water partition coefficient (Wildman–Crippen LogP) is 1.83. The Morgan fingerprint density at radius 1 is 1.12 bits per heavy atom. The van der Waals surface area contributed by atoms with Crippen LogP contribution in [0.15, 0.2) is 35.0 Å². The molecule has 1 N–H and O–H groups in total. The molecule has 6 nitrogen and oxygen atoms in total. The van der Waals surface area contributed by atoms with Gasteiger partial charge in [0.1, 0.15) is 5.69 Å². The van der Waals surface area contributed by atoms with E-state index < -0.39 is 0 Å². The average Bonchev–Trinajstić information content (AvgIpc) is 2.98. The van der Waals surface area contributed by atoms with Crippen molar-refractivity contribution in [3.8, 4) is 22.9 Å². The molecule has 0 atom stereocenters. The molecular formula is C11H9N5O. The minimum Gasteiger partial charge on any atom is -0.257 e. The van der Waals surface area contributed by atoms with Crippen molar-refractivity contribution < 1.29 is 4.63 Å². The van der Waals surface area contributed by atoms with Crippen molar-refractivity contribution >= 4 is 0 Å². The average molecular weight is 227 g/mol. The largest absolute Gasteiger partial charge is 0.257 e. The van der Waals surface area contributed by atoms with Crippen LogP contribution in [0.1, 0.15) is 5.69 Å². The molecule has 17 heavy (non-hydrogen) atoms. The van der Waals surface area contributed by atoms with Crippen molar-refractivity contribution in [2.75, 3.05) is 0 Å². The fourth-order valence-electron chi connectivity index (χ4n) is 1.53. The van der Waals surface area contributed by atoms with Gasteiger partial charge in [0.05, 0.1) is 0 Å². The highest BCUT2D eigenvalue weighted by Crippen LogP contribution is 2.19. The van der Waals surface area contributed by atoms with Gasteiger partial charge < -0.3 is 0 Å². The molecule has 0 amide bonds. The van der Waals surface area contributed by atoms with Gasteiger partial charge in [0.2, 0.25) is 0 Å². The lowest BCUT2D eigenvalue weighted by atomic mass is 10.2. The normalized spacial score (nSPS) is 10.6. The van der Waals surface area contributed by atoms with Crippen molar-refractivity contribution in [3.05, 3.63) is 36.0 Å². The highest BCUT2D eigenvalue weighted by atomic mass is 16.6. The van der Waals surface area contributed by atoms with E-state index in [1.165, 1.54) is 0 Å². The van der Waals surface area contributed by atoms with E-state index in [2.05, 4.69) is 30.1 Å². The highest BCUT2D eigenvalue weighted by molar-refractivity contribution is 5.59. The molecule has 0 spiro atoms. The quantitative estimate of drug-likeness (QED) is 0.722. The van der Waals surface area contributed by atoms with Crippen molar-refractivity contribution in [1.29, 1.82) is 0 Å². The minimum atomic E-state index is 0.558. The van der Waals surface area contributed by atoms with Crippen molar-refractivity contribution in [2.24, 2.45) is 0 Å². The summed E-state index contributed by atoms with van der Waals surface area (Å²) in [5.41, 5.74) is 2.21. The summed E-state index contributed by atoms with van der Waals surface area (Å²) in [6.45, 7) is 1.80. The van der Waals surface area contributed by atoms with Crippen molar-refractivity contribution in [1.82, 2.24) is 25.5 Å². The maximum Gasteiger partial charge on any atom is 0.181 e. The zero-order valence-corrected chi connectivity index (χ0v) is 9.08. The third-order valence-electron chi connectivity index (χ3n) is 2.39. The van der Waals surface area contributed by atoms with Gasteiger partial charge in [-0.25, -0.2) is 9.61 Å². The third-order valence-corrected chi connectivity index (χ3v) is 2.39. The first-order chi connectivity index (χ1) is 8.34. The summed E-state index contributed by atoms with van der Waals surface area (Å²) in [6.07, 6.45) is 0. The van der Waals surface area contributed by atoms with E-state index in [4.69, 9.17) is 0 Å². The van der Waals surface area contributed by atoms with Gasteiger partial charge in [-0.2, -0.15) is 5.10 Å². The lowest BCUT2D eigenvalue weighted by molar-refractivity contribution is 0.305. The van der Waals surface area contributed by atoms with Crippen LogP contribution in [-0.2, 0) is 0 Å². The molecule has 3 rings (SSSR count). The van der Waals surface area contributed by atoms with Crippen LogP contribution < -0.4 is 0 Å². The fraction of sp³-hybridized carbons (Fsp3) is 0.0909. The molecule has 6 heteroatoms. The second-order valence-corrected chi connectivity index (χ2v) is 3.57. The molecular weight excluding hydrogens is 218 g/mol. The lowest BCUT2D eigenvalue weighted by Crippen LogP contribution is -1.84. The second-order valence-electron chi connectivity index (χ2n) is 3.57. The number of aryl methyl sites for hydroxylation is 1. The Bertz CT molecular complexity index is 628. The first-order valence-corrected chi connectivity index (χ1v) is 5.12. The first kappa shape index (κ1) is 9.71. The number of nitrogens with one attached hydrogen (secondary N) is 1. The number of aromatic nitrogens is 5. The van der Waals surface area contributed by atoms with Gasteiger partial charge in [-0.05, 0) is 12.1 Å². The number of aromatic amines is 1. The van der Waals surface area contributed by atoms with Crippen LogP contribution >= 0.6 is 0 Å². The van der Waals surface area contributed by atoms with Gasteiger partial charge in [-0.1, -0.05) is 35.5 Å². The molecule has 1 aromatic carbocycles. The standard InChI is InChI=1S/C11H9N5O/c1-7-9(16-17-15-7)11-12-10(13-14-11)8-5-3-2-4-6-8/h2-6H,1H3,(H,12,13,14). The van der Waals surface area contributed by atoms with E-state index in [1.54, 1.807) is 6.92 Å². The van der Waals surface area contributed by atoms with E-state index in [0.29, 0.717) is 23.0 Å². The van der Waals surface area contributed by atoms with Gasteiger partial charge in [0, 0.05) is 5.56 Å². The number of hydrogen-bond acceptors (Lipinski definition) is 5. The molecule has 2 aromatic heterocycles. The topological polar surface area (TPSA) is 80.5 Å². The molecule has 0 fully saturated rings. The molecule has 0 unspecified atom stereocenters. The van der Waals surface area contributed by atoms with Crippen LogP contribution in [0.3, 0.4) is 0 Å². The fourth-order valence-corrected chi connectivity index (χ4v) is 1.53. The summed E-state index contributed by atoms with van der Waals surface area (Å²) in [6, 6.07) is 9.72. The van der Waals surface area contributed by atoms with Crippen LogP contribution in [0.2, 0.25) is 0 Å². The van der Waals surface area contributed by atoms with Gasteiger partial charge in [0.25, 0.3) is 0 Å². The molecule has 0 aliphatic rings. The lowest BCUT2D eigenvalue weighted by Gasteiger charge is -1.91. The zero-order chi connectivity index (χ0) is 11.7. The van der Waals surface area contributed by atoms with E-state index in [0.717, 1.165) is 5.56 Å². The summed E-state index contributed by atoms with van der Waals surface area (Å²) < 4.78 is 4.63. The van der Waals surface area contributed by atoms with Crippen LogP contribution in [-0.4, -0.2) is 25.5 Å².